The van der Waals surface area contributed by atoms with Crippen molar-refractivity contribution in [1.29, 1.82) is 0 Å². The fourth-order valence-electron chi connectivity index (χ4n) is 9.88. The summed E-state index contributed by atoms with van der Waals surface area (Å²) >= 11 is 0. The second kappa shape index (κ2) is 55.2. The average Bonchev–Trinajstić information content (AvgIpc) is 3.32. The topological polar surface area (TPSA) is 78.9 Å². The molecule has 0 heterocycles. The molecule has 0 saturated carbocycles. The summed E-state index contributed by atoms with van der Waals surface area (Å²) in [4.78, 5) is 38.3. The Bertz CT molecular complexity index is 1090. The van der Waals surface area contributed by atoms with Gasteiger partial charge in [-0.05, 0) is 37.0 Å². The zero-order valence-corrected chi connectivity index (χ0v) is 48.3. The first-order valence-corrected chi connectivity index (χ1v) is 31.6. The summed E-state index contributed by atoms with van der Waals surface area (Å²) in [7, 11) is 0. The van der Waals surface area contributed by atoms with Gasteiger partial charge in [-0.25, -0.2) is 0 Å². The van der Waals surface area contributed by atoms with Crippen LogP contribution in [0.25, 0.3) is 0 Å². The van der Waals surface area contributed by atoms with Crippen molar-refractivity contribution in [3.63, 3.8) is 0 Å². The van der Waals surface area contributed by atoms with Gasteiger partial charge in [-0.2, -0.15) is 0 Å². The molecular formula is C64H124O6. The molecule has 0 aliphatic carbocycles. The van der Waals surface area contributed by atoms with E-state index in [4.69, 9.17) is 14.2 Å². The number of carbonyl (C=O) groups excluding carboxylic acids is 3. The molecule has 70 heavy (non-hydrogen) atoms. The molecule has 0 aromatic heterocycles. The molecule has 0 aromatic carbocycles. The zero-order valence-electron chi connectivity index (χ0n) is 48.3. The van der Waals surface area contributed by atoms with E-state index >= 15 is 0 Å². The monoisotopic (exact) mass is 989 g/mol. The summed E-state index contributed by atoms with van der Waals surface area (Å²) < 4.78 is 16.9. The lowest BCUT2D eigenvalue weighted by atomic mass is 10.0. The van der Waals surface area contributed by atoms with Crippen LogP contribution < -0.4 is 0 Å². The molecule has 416 valence electrons. The lowest BCUT2D eigenvalue weighted by Gasteiger charge is -2.18. The minimum Gasteiger partial charge on any atom is -0.462 e. The van der Waals surface area contributed by atoms with Gasteiger partial charge in [0.25, 0.3) is 0 Å². The van der Waals surface area contributed by atoms with Crippen LogP contribution in [0.2, 0.25) is 0 Å². The first kappa shape index (κ1) is 68.4. The van der Waals surface area contributed by atoms with Crippen molar-refractivity contribution in [3.05, 3.63) is 0 Å². The molecule has 0 N–H and O–H groups in total. The zero-order chi connectivity index (χ0) is 51.2. The van der Waals surface area contributed by atoms with E-state index in [1.54, 1.807) is 0 Å². The summed E-state index contributed by atoms with van der Waals surface area (Å²) in [5, 5.41) is 0. The largest absolute Gasteiger partial charge is 0.462 e. The van der Waals surface area contributed by atoms with Gasteiger partial charge in [0.1, 0.15) is 13.2 Å². The van der Waals surface area contributed by atoms with Crippen LogP contribution in [0.3, 0.4) is 0 Å². The number of hydrogen-bond donors (Lipinski definition) is 0. The fourth-order valence-corrected chi connectivity index (χ4v) is 9.88. The maximum absolute atomic E-state index is 12.9. The van der Waals surface area contributed by atoms with Crippen molar-refractivity contribution < 1.29 is 28.6 Å². The quantitative estimate of drug-likeness (QED) is 0.0343. The number of hydrogen-bond acceptors (Lipinski definition) is 6. The van der Waals surface area contributed by atoms with E-state index in [0.29, 0.717) is 19.3 Å². The van der Waals surface area contributed by atoms with Crippen molar-refractivity contribution in [2.75, 3.05) is 13.2 Å². The number of carbonyl (C=O) groups is 3. The lowest BCUT2D eigenvalue weighted by molar-refractivity contribution is -0.167. The molecule has 0 aromatic rings. The fraction of sp³-hybridized carbons (Fsp3) is 0.953. The van der Waals surface area contributed by atoms with Gasteiger partial charge >= 0.3 is 17.9 Å². The van der Waals surface area contributed by atoms with E-state index < -0.39 is 6.10 Å². The Morgan fingerprint density at radius 2 is 0.414 bits per heavy atom. The normalized spacial score (nSPS) is 12.1. The smallest absolute Gasteiger partial charge is 0.306 e. The van der Waals surface area contributed by atoms with Crippen LogP contribution in [0.15, 0.2) is 0 Å². The first-order chi connectivity index (χ1) is 34.1. The van der Waals surface area contributed by atoms with Gasteiger partial charge in [0, 0.05) is 19.3 Å². The van der Waals surface area contributed by atoms with Crippen molar-refractivity contribution in [2.45, 2.75) is 362 Å². The maximum Gasteiger partial charge on any atom is 0.306 e. The third-order valence-electron chi connectivity index (χ3n) is 14.6. The molecule has 0 aliphatic rings. The van der Waals surface area contributed by atoms with Gasteiger partial charge in [0.05, 0.1) is 0 Å². The Balaban J connectivity index is 4.26. The Kier molecular flexibility index (Phi) is 53.9. The molecule has 0 spiro atoms. The van der Waals surface area contributed by atoms with Gasteiger partial charge in [-0.1, -0.05) is 318 Å². The standard InChI is InChI=1S/C64H124O6/c1-58(2)50-44-38-32-26-20-16-12-9-7-8-10-14-19-23-31-37-43-49-55-64(67)70-61(57-69-63(66)54-48-42-36-30-25-24-28-34-40-46-52-60(5)6)56-68-62(65)53-47-41-35-29-22-18-15-11-13-17-21-27-33-39-45-51-59(3)4/h58-61H,7-57H2,1-6H3/t61-/m1/s1. The third-order valence-corrected chi connectivity index (χ3v) is 14.6. The van der Waals surface area contributed by atoms with E-state index in [-0.39, 0.29) is 31.1 Å². The minimum absolute atomic E-state index is 0.0628. The molecule has 0 aliphatic heterocycles. The molecule has 6 nitrogen and oxygen atoms in total. The average molecular weight is 990 g/mol. The van der Waals surface area contributed by atoms with Crippen LogP contribution in [-0.2, 0) is 28.6 Å². The molecule has 0 rings (SSSR count). The highest BCUT2D eigenvalue weighted by Crippen LogP contribution is 2.19. The van der Waals surface area contributed by atoms with Crippen LogP contribution in [0.1, 0.15) is 356 Å². The predicted molar refractivity (Wildman–Crippen MR) is 303 cm³/mol. The van der Waals surface area contributed by atoms with Crippen molar-refractivity contribution in [2.24, 2.45) is 17.8 Å². The molecule has 0 unspecified atom stereocenters. The summed E-state index contributed by atoms with van der Waals surface area (Å²) in [6.45, 7) is 13.8. The van der Waals surface area contributed by atoms with Gasteiger partial charge in [-0.15, -0.1) is 0 Å². The van der Waals surface area contributed by atoms with Crippen LogP contribution in [0.4, 0.5) is 0 Å². The van der Waals surface area contributed by atoms with Gasteiger partial charge in [0.15, 0.2) is 6.10 Å². The molecular weight excluding hydrogens is 865 g/mol. The predicted octanol–water partition coefficient (Wildman–Crippen LogP) is 21.1. The molecule has 0 saturated heterocycles. The maximum atomic E-state index is 12.9. The number of rotatable bonds is 57. The highest BCUT2D eigenvalue weighted by Gasteiger charge is 2.19. The SMILES string of the molecule is CC(C)CCCCCCCCCCCCCCCCCCCCC(=O)O[C@H](COC(=O)CCCCCCCCCCCCCCCCCC(C)C)COC(=O)CCCCCCCCCCCCC(C)C. The summed E-state index contributed by atoms with van der Waals surface area (Å²) in [6.07, 6.45) is 59.6. The molecule has 1 atom stereocenters. The molecule has 0 bridgehead atoms. The third kappa shape index (κ3) is 57.3. The highest BCUT2D eigenvalue weighted by molar-refractivity contribution is 5.71. The Morgan fingerprint density at radius 3 is 0.614 bits per heavy atom. The summed E-state index contributed by atoms with van der Waals surface area (Å²) in [5.41, 5.74) is 0. The van der Waals surface area contributed by atoms with Crippen LogP contribution in [0, 0.1) is 17.8 Å². The highest BCUT2D eigenvalue weighted by atomic mass is 16.6. The van der Waals surface area contributed by atoms with E-state index in [9.17, 15) is 14.4 Å². The van der Waals surface area contributed by atoms with Gasteiger partial charge in [-0.3, -0.25) is 14.4 Å². The van der Waals surface area contributed by atoms with Crippen molar-refractivity contribution >= 4 is 17.9 Å². The van der Waals surface area contributed by atoms with Gasteiger partial charge in [0.2, 0.25) is 0 Å². The minimum atomic E-state index is -0.764. The van der Waals surface area contributed by atoms with Crippen LogP contribution in [-0.4, -0.2) is 37.2 Å². The van der Waals surface area contributed by atoms with Gasteiger partial charge < -0.3 is 14.2 Å². The first-order valence-electron chi connectivity index (χ1n) is 31.6. The summed E-state index contributed by atoms with van der Waals surface area (Å²) in [6, 6.07) is 0. The van der Waals surface area contributed by atoms with Crippen molar-refractivity contribution in [1.82, 2.24) is 0 Å². The molecule has 0 fully saturated rings. The number of unbranched alkanes of at least 4 members (excludes halogenated alkanes) is 40. The lowest BCUT2D eigenvalue weighted by Crippen LogP contribution is -2.30. The van der Waals surface area contributed by atoms with E-state index in [1.165, 1.54) is 238 Å². The molecule has 0 radical (unpaired) electrons. The number of ether oxygens (including phenoxy) is 3. The van der Waals surface area contributed by atoms with Crippen molar-refractivity contribution in [3.8, 4) is 0 Å². The Morgan fingerprint density at radius 1 is 0.243 bits per heavy atom. The van der Waals surface area contributed by atoms with E-state index in [1.807, 2.05) is 0 Å². The second-order valence-corrected chi connectivity index (χ2v) is 23.5. The van der Waals surface area contributed by atoms with E-state index in [2.05, 4.69) is 41.5 Å². The summed E-state index contributed by atoms with van der Waals surface area (Å²) in [5.74, 6) is 1.69. The second-order valence-electron chi connectivity index (χ2n) is 23.5. The molecule has 6 heteroatoms. The number of esters is 3. The molecule has 0 amide bonds. The Labute approximate surface area is 438 Å². The van der Waals surface area contributed by atoms with Crippen LogP contribution >= 0.6 is 0 Å². The Hall–Kier alpha value is -1.59. The van der Waals surface area contributed by atoms with Crippen LogP contribution in [0.5, 0.6) is 0 Å². The van der Waals surface area contributed by atoms with E-state index in [0.717, 1.165) is 75.5 Å².